The zero-order chi connectivity index (χ0) is 14.3. The Hall–Kier alpha value is -2.35. The van der Waals surface area contributed by atoms with Gasteiger partial charge in [-0.2, -0.15) is 5.10 Å². The summed E-state index contributed by atoms with van der Waals surface area (Å²) in [6.45, 7) is 1.82. The molecular weight excluding hydrogens is 278 g/mol. The average Bonchev–Trinajstić information content (AvgIpc) is 3.04. The van der Waals surface area contributed by atoms with Gasteiger partial charge in [-0.15, -0.1) is 10.2 Å². The molecular formula is C12H11N5O2S. The van der Waals surface area contributed by atoms with Gasteiger partial charge in [-0.1, -0.05) is 11.8 Å². The second kappa shape index (κ2) is 4.64. The van der Waals surface area contributed by atoms with Gasteiger partial charge in [0.05, 0.1) is 22.8 Å². The number of hydrogen-bond acceptors (Lipinski definition) is 6. The number of nitrogens with two attached hydrogens (primary N) is 1. The molecule has 20 heavy (non-hydrogen) atoms. The number of aromatic nitrogens is 4. The van der Waals surface area contributed by atoms with Crippen LogP contribution < -0.4 is 5.73 Å². The fourth-order valence-corrected chi connectivity index (χ4v) is 2.24. The minimum Gasteiger partial charge on any atom is -0.411 e. The molecule has 8 heteroatoms. The average molecular weight is 289 g/mol. The highest BCUT2D eigenvalue weighted by Gasteiger charge is 2.14. The van der Waals surface area contributed by atoms with E-state index < -0.39 is 5.91 Å². The summed E-state index contributed by atoms with van der Waals surface area (Å²) >= 11 is 1.38. The number of carbonyl (C=O) groups is 1. The highest BCUT2D eigenvalue weighted by molar-refractivity contribution is 7.98. The topological polar surface area (TPSA) is 99.3 Å². The molecule has 3 heterocycles. The fourth-order valence-electron chi connectivity index (χ4n) is 1.96. The van der Waals surface area contributed by atoms with Crippen LogP contribution in [0.3, 0.4) is 0 Å². The van der Waals surface area contributed by atoms with Crippen molar-refractivity contribution in [3.8, 4) is 11.5 Å². The molecule has 0 spiro atoms. The molecule has 3 aromatic heterocycles. The monoisotopic (exact) mass is 289 g/mol. The van der Waals surface area contributed by atoms with Crippen LogP contribution in [0.2, 0.25) is 0 Å². The third kappa shape index (κ3) is 1.94. The van der Waals surface area contributed by atoms with Gasteiger partial charge >= 0.3 is 0 Å². The SMILES string of the molecule is CSc1nnc(-c2cc3c(C)c(C(N)=O)cnn3c2)o1. The summed E-state index contributed by atoms with van der Waals surface area (Å²) in [7, 11) is 0. The molecule has 0 unspecified atom stereocenters. The van der Waals surface area contributed by atoms with Gasteiger partial charge in [-0.05, 0) is 24.8 Å². The van der Waals surface area contributed by atoms with Crippen LogP contribution in [-0.4, -0.2) is 32.0 Å². The number of aryl methyl sites for hydroxylation is 1. The number of nitrogens with zero attached hydrogens (tertiary/aromatic N) is 4. The lowest BCUT2D eigenvalue weighted by atomic mass is 10.1. The van der Waals surface area contributed by atoms with Gasteiger partial charge in [-0.3, -0.25) is 4.79 Å². The van der Waals surface area contributed by atoms with Gasteiger partial charge in [0.2, 0.25) is 5.89 Å². The molecule has 0 saturated carbocycles. The third-order valence-electron chi connectivity index (χ3n) is 2.99. The van der Waals surface area contributed by atoms with Crippen LogP contribution in [-0.2, 0) is 0 Å². The Bertz CT molecular complexity index is 807. The van der Waals surface area contributed by atoms with Gasteiger partial charge in [0, 0.05) is 6.20 Å². The summed E-state index contributed by atoms with van der Waals surface area (Å²) in [6, 6.07) is 1.84. The summed E-state index contributed by atoms with van der Waals surface area (Å²) in [5, 5.41) is 12.5. The standard InChI is InChI=1S/C12H11N5O2S/c1-6-8(10(13)18)4-14-17-5-7(3-9(6)17)11-15-16-12(19-11)20-2/h3-5H,1-2H3,(H2,13,18). The molecule has 0 aliphatic rings. The number of primary amides is 1. The number of carbonyl (C=O) groups excluding carboxylic acids is 1. The van der Waals surface area contributed by atoms with E-state index >= 15 is 0 Å². The Morgan fingerprint density at radius 2 is 2.25 bits per heavy atom. The van der Waals surface area contributed by atoms with Crippen molar-refractivity contribution >= 4 is 23.2 Å². The van der Waals surface area contributed by atoms with E-state index in [1.807, 2.05) is 19.2 Å². The predicted octanol–water partition coefficient (Wildman–Crippen LogP) is 1.51. The molecule has 3 aromatic rings. The highest BCUT2D eigenvalue weighted by Crippen LogP contribution is 2.25. The molecule has 1 amide bonds. The smallest absolute Gasteiger partial charge is 0.276 e. The van der Waals surface area contributed by atoms with E-state index in [9.17, 15) is 4.79 Å². The first-order valence-corrected chi connectivity index (χ1v) is 6.98. The van der Waals surface area contributed by atoms with Gasteiger partial charge in [0.25, 0.3) is 11.1 Å². The zero-order valence-electron chi connectivity index (χ0n) is 10.8. The largest absolute Gasteiger partial charge is 0.411 e. The van der Waals surface area contributed by atoms with Crippen LogP contribution in [0.5, 0.6) is 0 Å². The Morgan fingerprint density at radius 1 is 1.45 bits per heavy atom. The van der Waals surface area contributed by atoms with E-state index in [0.29, 0.717) is 16.7 Å². The van der Waals surface area contributed by atoms with Gasteiger partial charge in [0.15, 0.2) is 0 Å². The molecule has 0 fully saturated rings. The molecule has 0 radical (unpaired) electrons. The van der Waals surface area contributed by atoms with Crippen LogP contribution in [0.25, 0.3) is 17.0 Å². The zero-order valence-corrected chi connectivity index (χ0v) is 11.6. The van der Waals surface area contributed by atoms with Crippen LogP contribution >= 0.6 is 11.8 Å². The lowest BCUT2D eigenvalue weighted by Gasteiger charge is -2.02. The Balaban J connectivity index is 2.15. The predicted molar refractivity (Wildman–Crippen MR) is 73.5 cm³/mol. The van der Waals surface area contributed by atoms with Crippen molar-refractivity contribution in [1.82, 2.24) is 19.8 Å². The van der Waals surface area contributed by atoms with Gasteiger partial charge in [-0.25, -0.2) is 4.52 Å². The number of amides is 1. The Morgan fingerprint density at radius 3 is 2.90 bits per heavy atom. The maximum Gasteiger partial charge on any atom is 0.276 e. The highest BCUT2D eigenvalue weighted by atomic mass is 32.2. The number of thioether (sulfide) groups is 1. The second-order valence-corrected chi connectivity index (χ2v) is 4.94. The normalized spacial score (nSPS) is 11.1. The van der Waals surface area contributed by atoms with Crippen LogP contribution in [0.1, 0.15) is 15.9 Å². The minimum atomic E-state index is -0.497. The van der Waals surface area contributed by atoms with Crippen molar-refractivity contribution in [2.24, 2.45) is 5.73 Å². The summed E-state index contributed by atoms with van der Waals surface area (Å²) in [6.07, 6.45) is 5.08. The third-order valence-corrected chi connectivity index (χ3v) is 3.51. The van der Waals surface area contributed by atoms with Crippen molar-refractivity contribution in [3.05, 3.63) is 29.6 Å². The second-order valence-electron chi connectivity index (χ2n) is 4.18. The number of fused-ring (bicyclic) bond motifs is 1. The molecule has 2 N–H and O–H groups in total. The van der Waals surface area contributed by atoms with E-state index in [-0.39, 0.29) is 0 Å². The lowest BCUT2D eigenvalue weighted by molar-refractivity contribution is 0.0999. The lowest BCUT2D eigenvalue weighted by Crippen LogP contribution is -2.14. The first kappa shape index (κ1) is 12.7. The molecule has 0 saturated heterocycles. The minimum absolute atomic E-state index is 0.400. The molecule has 0 atom stereocenters. The Kier molecular flexibility index (Phi) is 2.94. The van der Waals surface area contributed by atoms with Crippen LogP contribution in [0.4, 0.5) is 0 Å². The first-order valence-electron chi connectivity index (χ1n) is 5.76. The summed E-state index contributed by atoms with van der Waals surface area (Å²) < 4.78 is 7.13. The van der Waals surface area contributed by atoms with E-state index in [1.54, 1.807) is 10.7 Å². The van der Waals surface area contributed by atoms with Gasteiger partial charge < -0.3 is 10.2 Å². The molecule has 3 rings (SSSR count). The van der Waals surface area contributed by atoms with Crippen molar-refractivity contribution in [3.63, 3.8) is 0 Å². The molecule has 102 valence electrons. The Labute approximate surface area is 118 Å². The van der Waals surface area contributed by atoms with E-state index in [4.69, 9.17) is 10.2 Å². The number of rotatable bonds is 3. The van der Waals surface area contributed by atoms with E-state index in [0.717, 1.165) is 16.6 Å². The number of hydrogen-bond donors (Lipinski definition) is 1. The molecule has 7 nitrogen and oxygen atoms in total. The first-order chi connectivity index (χ1) is 9.60. The quantitative estimate of drug-likeness (QED) is 0.734. The molecule has 0 aromatic carbocycles. The molecule has 0 bridgehead atoms. The maximum atomic E-state index is 11.3. The van der Waals surface area contributed by atoms with Crippen LogP contribution in [0, 0.1) is 6.92 Å². The summed E-state index contributed by atoms with van der Waals surface area (Å²) in [5.74, 6) is -0.0809. The van der Waals surface area contributed by atoms with E-state index in [1.165, 1.54) is 18.0 Å². The van der Waals surface area contributed by atoms with Gasteiger partial charge in [0.1, 0.15) is 0 Å². The molecule has 0 aliphatic carbocycles. The summed E-state index contributed by atoms with van der Waals surface area (Å²) in [5.41, 5.74) is 8.00. The fraction of sp³-hybridized carbons (Fsp3) is 0.167. The van der Waals surface area contributed by atoms with Crippen LogP contribution in [0.15, 0.2) is 28.1 Å². The van der Waals surface area contributed by atoms with Crippen molar-refractivity contribution in [2.75, 3.05) is 6.26 Å². The maximum absolute atomic E-state index is 11.3. The van der Waals surface area contributed by atoms with Crippen molar-refractivity contribution in [2.45, 2.75) is 12.1 Å². The van der Waals surface area contributed by atoms with Crippen molar-refractivity contribution in [1.29, 1.82) is 0 Å². The van der Waals surface area contributed by atoms with Crippen molar-refractivity contribution < 1.29 is 9.21 Å². The summed E-state index contributed by atoms with van der Waals surface area (Å²) in [4.78, 5) is 11.3. The molecule has 0 aliphatic heterocycles. The van der Waals surface area contributed by atoms with E-state index in [2.05, 4.69) is 15.3 Å².